The number of hydrogen-bond acceptors (Lipinski definition) is 4. The Morgan fingerprint density at radius 1 is 1.11 bits per heavy atom. The molecule has 2 heterocycles. The zero-order chi connectivity index (χ0) is 19.1. The molecule has 1 fully saturated rings. The quantitative estimate of drug-likeness (QED) is 0.846. The van der Waals surface area contributed by atoms with E-state index in [1.54, 1.807) is 6.20 Å². The van der Waals surface area contributed by atoms with Gasteiger partial charge in [-0.3, -0.25) is 4.79 Å². The molecule has 1 aromatic carbocycles. The molecule has 0 spiro atoms. The predicted molar refractivity (Wildman–Crippen MR) is 103 cm³/mol. The van der Waals surface area contributed by atoms with Gasteiger partial charge in [0, 0.05) is 31.4 Å². The van der Waals surface area contributed by atoms with Crippen LogP contribution in [0, 0.1) is 5.82 Å². The van der Waals surface area contributed by atoms with Crippen molar-refractivity contribution in [1.29, 1.82) is 0 Å². The van der Waals surface area contributed by atoms with Gasteiger partial charge in [0.1, 0.15) is 11.6 Å². The summed E-state index contributed by atoms with van der Waals surface area (Å²) >= 11 is 0. The molecule has 3 rings (SSSR count). The summed E-state index contributed by atoms with van der Waals surface area (Å²) in [6.45, 7) is 2.23. The number of pyridine rings is 1. The number of aliphatic hydroxyl groups excluding tert-OH is 1. The Morgan fingerprint density at radius 3 is 2.48 bits per heavy atom. The molecule has 6 heteroatoms. The second-order valence-corrected chi connectivity index (χ2v) is 6.91. The molecule has 0 aliphatic carbocycles. The largest absolute Gasteiger partial charge is 0.378 e. The molecule has 1 atom stereocenters. The third-order valence-corrected chi connectivity index (χ3v) is 4.91. The highest BCUT2D eigenvalue weighted by Gasteiger charge is 2.19. The predicted octanol–water partition coefficient (Wildman–Crippen LogP) is 3.34. The number of benzene rings is 1. The van der Waals surface area contributed by atoms with Gasteiger partial charge in [-0.15, -0.1) is 0 Å². The third kappa shape index (κ3) is 5.26. The Labute approximate surface area is 159 Å². The van der Waals surface area contributed by atoms with Gasteiger partial charge in [-0.25, -0.2) is 9.37 Å². The van der Waals surface area contributed by atoms with Crippen molar-refractivity contribution >= 4 is 11.7 Å². The van der Waals surface area contributed by atoms with Crippen LogP contribution in [0.2, 0.25) is 0 Å². The molecular weight excluding hydrogens is 345 g/mol. The van der Waals surface area contributed by atoms with Crippen molar-refractivity contribution in [1.82, 2.24) is 10.3 Å². The van der Waals surface area contributed by atoms with Crippen LogP contribution in [0.5, 0.6) is 0 Å². The number of nitrogens with one attached hydrogen (secondary N) is 1. The number of anilines is 1. The van der Waals surface area contributed by atoms with E-state index in [9.17, 15) is 14.3 Å². The van der Waals surface area contributed by atoms with E-state index in [0.717, 1.165) is 37.3 Å². The number of nitrogens with zero attached hydrogens (tertiary/aromatic N) is 2. The first kappa shape index (κ1) is 19.3. The maximum absolute atomic E-state index is 13.0. The second kappa shape index (κ2) is 9.46. The Morgan fingerprint density at radius 2 is 1.78 bits per heavy atom. The summed E-state index contributed by atoms with van der Waals surface area (Å²) in [6.07, 6.45) is 6.50. The molecule has 5 nitrogen and oxygen atoms in total. The monoisotopic (exact) mass is 371 g/mol. The average molecular weight is 371 g/mol. The lowest BCUT2D eigenvalue weighted by Crippen LogP contribution is -2.32. The molecule has 2 N–H and O–H groups in total. The fraction of sp³-hybridized carbons (Fsp3) is 0.429. The number of carbonyl (C=O) groups excluding carboxylic acids is 1. The Hall–Kier alpha value is -2.47. The number of hydrogen-bond donors (Lipinski definition) is 2. The minimum atomic E-state index is -1.33. The molecular formula is C21H26FN3O2. The molecule has 1 aliphatic heterocycles. The summed E-state index contributed by atoms with van der Waals surface area (Å²) in [7, 11) is 0. The van der Waals surface area contributed by atoms with E-state index in [-0.39, 0.29) is 6.54 Å². The number of aliphatic hydroxyl groups is 1. The zero-order valence-corrected chi connectivity index (χ0v) is 15.4. The average Bonchev–Trinajstić information content (AvgIpc) is 2.66. The van der Waals surface area contributed by atoms with E-state index in [4.69, 9.17) is 0 Å². The van der Waals surface area contributed by atoms with E-state index in [2.05, 4.69) is 15.2 Å². The summed E-state index contributed by atoms with van der Waals surface area (Å²) in [5.41, 5.74) is 1.29. The first-order valence-corrected chi connectivity index (χ1v) is 9.55. The summed E-state index contributed by atoms with van der Waals surface area (Å²) in [4.78, 5) is 19.1. The summed E-state index contributed by atoms with van der Waals surface area (Å²) in [5, 5.41) is 13.0. The minimum absolute atomic E-state index is 0.288. The van der Waals surface area contributed by atoms with Gasteiger partial charge in [0.05, 0.1) is 0 Å². The highest BCUT2D eigenvalue weighted by Crippen LogP contribution is 2.21. The van der Waals surface area contributed by atoms with Crippen molar-refractivity contribution in [2.75, 3.05) is 18.0 Å². The smallest absolute Gasteiger partial charge is 0.253 e. The topological polar surface area (TPSA) is 65.5 Å². The van der Waals surface area contributed by atoms with Crippen LogP contribution < -0.4 is 10.2 Å². The first-order chi connectivity index (χ1) is 13.1. The van der Waals surface area contributed by atoms with Crippen LogP contribution in [0.25, 0.3) is 0 Å². The van der Waals surface area contributed by atoms with Crippen LogP contribution >= 0.6 is 0 Å². The molecule has 2 aromatic rings. The van der Waals surface area contributed by atoms with Crippen molar-refractivity contribution in [3.05, 3.63) is 59.5 Å². The van der Waals surface area contributed by atoms with Crippen molar-refractivity contribution in [3.63, 3.8) is 0 Å². The van der Waals surface area contributed by atoms with Crippen molar-refractivity contribution in [3.8, 4) is 0 Å². The van der Waals surface area contributed by atoms with Crippen LogP contribution in [-0.2, 0) is 11.3 Å². The first-order valence-electron chi connectivity index (χ1n) is 9.55. The highest BCUT2D eigenvalue weighted by molar-refractivity contribution is 5.82. The maximum atomic E-state index is 13.0. The summed E-state index contributed by atoms with van der Waals surface area (Å²) in [5.74, 6) is -0.0142. The van der Waals surface area contributed by atoms with Crippen molar-refractivity contribution < 1.29 is 14.3 Å². The van der Waals surface area contributed by atoms with Crippen molar-refractivity contribution in [2.24, 2.45) is 0 Å². The standard InChI is InChI=1S/C21H26FN3O2/c22-18-10-8-16(9-11-18)19(26)21(27)24-15-17-7-6-12-23-20(17)25-13-4-2-1-3-5-14-25/h6-12,19,26H,1-5,13-15H2,(H,24,27)/t19-/m1/s1. The lowest BCUT2D eigenvalue weighted by Gasteiger charge is -2.27. The van der Waals surface area contributed by atoms with Crippen LogP contribution in [-0.4, -0.2) is 29.1 Å². The van der Waals surface area contributed by atoms with Crippen LogP contribution in [0.4, 0.5) is 10.2 Å². The van der Waals surface area contributed by atoms with Crippen LogP contribution in [0.15, 0.2) is 42.6 Å². The number of amides is 1. The Kier molecular flexibility index (Phi) is 6.76. The van der Waals surface area contributed by atoms with E-state index in [1.807, 2.05) is 12.1 Å². The summed E-state index contributed by atoms with van der Waals surface area (Å²) < 4.78 is 13.0. The fourth-order valence-electron chi connectivity index (χ4n) is 3.39. The number of carbonyl (C=O) groups is 1. The van der Waals surface area contributed by atoms with Gasteiger partial charge in [-0.1, -0.05) is 37.5 Å². The SMILES string of the molecule is O=C(NCc1cccnc1N1CCCCCCC1)[C@H](O)c1ccc(F)cc1. The van der Waals surface area contributed by atoms with E-state index >= 15 is 0 Å². The van der Waals surface area contributed by atoms with Gasteiger partial charge in [0.2, 0.25) is 0 Å². The molecule has 1 aromatic heterocycles. The normalized spacial score (nSPS) is 16.3. The fourth-order valence-corrected chi connectivity index (χ4v) is 3.39. The maximum Gasteiger partial charge on any atom is 0.253 e. The van der Waals surface area contributed by atoms with Crippen LogP contribution in [0.3, 0.4) is 0 Å². The van der Waals surface area contributed by atoms with Gasteiger partial charge >= 0.3 is 0 Å². The van der Waals surface area contributed by atoms with Gasteiger partial charge in [0.25, 0.3) is 5.91 Å². The molecule has 1 saturated heterocycles. The van der Waals surface area contributed by atoms with Gasteiger partial charge in [0.15, 0.2) is 6.10 Å². The lowest BCUT2D eigenvalue weighted by molar-refractivity contribution is -0.129. The second-order valence-electron chi connectivity index (χ2n) is 6.91. The molecule has 0 radical (unpaired) electrons. The zero-order valence-electron chi connectivity index (χ0n) is 15.4. The lowest BCUT2D eigenvalue weighted by atomic mass is 10.1. The molecule has 1 amide bonds. The third-order valence-electron chi connectivity index (χ3n) is 4.91. The molecule has 0 unspecified atom stereocenters. The van der Waals surface area contributed by atoms with Crippen molar-refractivity contribution in [2.45, 2.75) is 44.8 Å². The number of rotatable bonds is 5. The number of halogens is 1. The molecule has 0 bridgehead atoms. The van der Waals surface area contributed by atoms with Crippen LogP contribution in [0.1, 0.15) is 49.3 Å². The molecule has 1 aliphatic rings. The van der Waals surface area contributed by atoms with E-state index in [0.29, 0.717) is 5.56 Å². The van der Waals surface area contributed by atoms with Gasteiger partial charge in [-0.2, -0.15) is 0 Å². The Bertz CT molecular complexity index is 743. The molecule has 27 heavy (non-hydrogen) atoms. The van der Waals surface area contributed by atoms with Gasteiger partial charge in [-0.05, 0) is 36.6 Å². The van der Waals surface area contributed by atoms with Gasteiger partial charge < -0.3 is 15.3 Å². The van der Waals surface area contributed by atoms with E-state index < -0.39 is 17.8 Å². The highest BCUT2D eigenvalue weighted by atomic mass is 19.1. The summed E-state index contributed by atoms with van der Waals surface area (Å²) in [6, 6.07) is 9.08. The molecule has 144 valence electrons. The molecule has 0 saturated carbocycles. The number of aromatic nitrogens is 1. The Balaban J connectivity index is 1.65. The van der Waals surface area contributed by atoms with E-state index in [1.165, 1.54) is 43.5 Å². The minimum Gasteiger partial charge on any atom is -0.378 e.